The van der Waals surface area contributed by atoms with Crippen molar-refractivity contribution in [3.63, 3.8) is 0 Å². The predicted molar refractivity (Wildman–Crippen MR) is 63.6 cm³/mol. The summed E-state index contributed by atoms with van der Waals surface area (Å²) in [5.74, 6) is 0.699. The molecule has 1 unspecified atom stereocenters. The lowest BCUT2D eigenvalue weighted by molar-refractivity contribution is -0.123. The highest BCUT2D eigenvalue weighted by Crippen LogP contribution is 2.35. The summed E-state index contributed by atoms with van der Waals surface area (Å²) >= 11 is 0. The van der Waals surface area contributed by atoms with Crippen molar-refractivity contribution in [2.24, 2.45) is 11.8 Å². The molecule has 4 nitrogen and oxygen atoms in total. The molecule has 0 aromatic carbocycles. The minimum absolute atomic E-state index is 0.0509. The second kappa shape index (κ2) is 4.31. The molecule has 1 aliphatic heterocycles. The van der Waals surface area contributed by atoms with Gasteiger partial charge in [-0.05, 0) is 40.0 Å². The third-order valence-corrected chi connectivity index (χ3v) is 3.22. The SMILES string of the molecule is CC(C)(C)OC(=O)N1CCC(C(=O)C2CC2)C1. The van der Waals surface area contributed by atoms with Gasteiger partial charge in [0.15, 0.2) is 0 Å². The number of ketones is 1. The van der Waals surface area contributed by atoms with E-state index in [0.717, 1.165) is 19.3 Å². The molecule has 2 rings (SSSR count). The largest absolute Gasteiger partial charge is 0.444 e. The van der Waals surface area contributed by atoms with E-state index in [2.05, 4.69) is 0 Å². The van der Waals surface area contributed by atoms with Crippen molar-refractivity contribution in [2.75, 3.05) is 13.1 Å². The number of hydrogen-bond acceptors (Lipinski definition) is 3. The number of carbonyl (C=O) groups is 2. The van der Waals surface area contributed by atoms with Crippen LogP contribution in [0, 0.1) is 11.8 Å². The molecular weight excluding hydrogens is 218 g/mol. The average molecular weight is 239 g/mol. The van der Waals surface area contributed by atoms with E-state index in [1.165, 1.54) is 0 Å². The van der Waals surface area contributed by atoms with E-state index in [1.807, 2.05) is 20.8 Å². The molecule has 0 aromatic rings. The number of nitrogens with zero attached hydrogens (tertiary/aromatic N) is 1. The zero-order valence-corrected chi connectivity index (χ0v) is 10.9. The molecule has 2 fully saturated rings. The number of rotatable bonds is 2. The number of Topliss-reactive ketones (excluding diaryl/α,β-unsaturated/α-hetero) is 1. The molecule has 1 saturated carbocycles. The van der Waals surface area contributed by atoms with Gasteiger partial charge in [-0.25, -0.2) is 4.79 Å². The molecular formula is C13H21NO3. The van der Waals surface area contributed by atoms with Gasteiger partial charge in [0.1, 0.15) is 11.4 Å². The fourth-order valence-electron chi connectivity index (χ4n) is 2.19. The third kappa shape index (κ3) is 3.20. The minimum Gasteiger partial charge on any atom is -0.444 e. The highest BCUT2D eigenvalue weighted by molar-refractivity contribution is 5.86. The van der Waals surface area contributed by atoms with E-state index in [1.54, 1.807) is 4.90 Å². The lowest BCUT2D eigenvalue weighted by Crippen LogP contribution is -2.36. The average Bonchev–Trinajstić information content (AvgIpc) is 2.91. The van der Waals surface area contributed by atoms with Crippen LogP contribution in [0.5, 0.6) is 0 Å². The van der Waals surface area contributed by atoms with Gasteiger partial charge >= 0.3 is 6.09 Å². The quantitative estimate of drug-likeness (QED) is 0.742. The van der Waals surface area contributed by atoms with Crippen molar-refractivity contribution >= 4 is 11.9 Å². The summed E-state index contributed by atoms with van der Waals surface area (Å²) in [5.41, 5.74) is -0.463. The summed E-state index contributed by atoms with van der Waals surface area (Å²) in [4.78, 5) is 25.4. The van der Waals surface area contributed by atoms with Gasteiger partial charge in [-0.2, -0.15) is 0 Å². The van der Waals surface area contributed by atoms with Gasteiger partial charge in [-0.3, -0.25) is 4.79 Å². The van der Waals surface area contributed by atoms with E-state index in [9.17, 15) is 9.59 Å². The van der Waals surface area contributed by atoms with Gasteiger partial charge in [-0.1, -0.05) is 0 Å². The van der Waals surface area contributed by atoms with Gasteiger partial charge in [0.25, 0.3) is 0 Å². The molecule has 2 aliphatic rings. The fourth-order valence-corrected chi connectivity index (χ4v) is 2.19. The van der Waals surface area contributed by atoms with Crippen LogP contribution < -0.4 is 0 Å². The summed E-state index contributed by atoms with van der Waals surface area (Å²) in [6.07, 6.45) is 2.60. The highest BCUT2D eigenvalue weighted by atomic mass is 16.6. The first-order valence-corrected chi connectivity index (χ1v) is 6.38. The zero-order chi connectivity index (χ0) is 12.6. The van der Waals surface area contributed by atoms with E-state index in [0.29, 0.717) is 24.8 Å². The topological polar surface area (TPSA) is 46.6 Å². The molecule has 1 atom stereocenters. The van der Waals surface area contributed by atoms with Crippen molar-refractivity contribution in [3.05, 3.63) is 0 Å². The summed E-state index contributed by atoms with van der Waals surface area (Å²) in [7, 11) is 0. The van der Waals surface area contributed by atoms with Gasteiger partial charge in [-0.15, -0.1) is 0 Å². The van der Waals surface area contributed by atoms with Crippen molar-refractivity contribution in [1.82, 2.24) is 4.90 Å². The molecule has 0 radical (unpaired) electrons. The Balaban J connectivity index is 1.84. The molecule has 1 aliphatic carbocycles. The maximum absolute atomic E-state index is 11.9. The monoisotopic (exact) mass is 239 g/mol. The standard InChI is InChI=1S/C13H21NO3/c1-13(2,3)17-12(16)14-7-6-10(8-14)11(15)9-4-5-9/h9-10H,4-8H2,1-3H3. The predicted octanol–water partition coefficient (Wildman–Crippen LogP) is 2.22. The lowest BCUT2D eigenvalue weighted by Gasteiger charge is -2.24. The first kappa shape index (κ1) is 12.4. The Morgan fingerprint density at radius 3 is 2.29 bits per heavy atom. The molecule has 0 bridgehead atoms. The highest BCUT2D eigenvalue weighted by Gasteiger charge is 2.39. The Hall–Kier alpha value is -1.06. The normalized spacial score (nSPS) is 24.9. The molecule has 4 heteroatoms. The summed E-state index contributed by atoms with van der Waals surface area (Å²) in [6.45, 7) is 6.76. The second-order valence-electron chi connectivity index (χ2n) is 6.09. The van der Waals surface area contributed by atoms with E-state index < -0.39 is 5.60 Å². The van der Waals surface area contributed by atoms with Crippen LogP contribution in [-0.2, 0) is 9.53 Å². The molecule has 96 valence electrons. The number of likely N-dealkylation sites (tertiary alicyclic amines) is 1. The number of amides is 1. The van der Waals surface area contributed by atoms with Gasteiger partial charge < -0.3 is 9.64 Å². The van der Waals surface area contributed by atoms with Crippen molar-refractivity contribution in [2.45, 2.75) is 45.6 Å². The molecule has 1 amide bonds. The Morgan fingerprint density at radius 2 is 1.76 bits per heavy atom. The van der Waals surface area contributed by atoms with Gasteiger partial charge in [0.05, 0.1) is 0 Å². The van der Waals surface area contributed by atoms with E-state index in [4.69, 9.17) is 4.74 Å². The van der Waals surface area contributed by atoms with Crippen molar-refractivity contribution in [1.29, 1.82) is 0 Å². The summed E-state index contributed by atoms with van der Waals surface area (Å²) in [5, 5.41) is 0. The Kier molecular flexibility index (Phi) is 3.15. The van der Waals surface area contributed by atoms with Crippen LogP contribution in [0.25, 0.3) is 0 Å². The Bertz CT molecular complexity index is 328. The van der Waals surface area contributed by atoms with Crippen LogP contribution >= 0.6 is 0 Å². The minimum atomic E-state index is -0.463. The van der Waals surface area contributed by atoms with Gasteiger partial charge in [0, 0.05) is 24.9 Å². The zero-order valence-electron chi connectivity index (χ0n) is 10.9. The molecule has 1 saturated heterocycles. The van der Waals surface area contributed by atoms with Gasteiger partial charge in [0.2, 0.25) is 0 Å². The molecule has 0 aromatic heterocycles. The van der Waals surface area contributed by atoms with Crippen molar-refractivity contribution in [3.8, 4) is 0 Å². The maximum atomic E-state index is 11.9. The maximum Gasteiger partial charge on any atom is 0.410 e. The lowest BCUT2D eigenvalue weighted by atomic mass is 10.00. The van der Waals surface area contributed by atoms with Crippen LogP contribution in [0.15, 0.2) is 0 Å². The van der Waals surface area contributed by atoms with Crippen LogP contribution in [-0.4, -0.2) is 35.5 Å². The Labute approximate surface area is 102 Å². The second-order valence-corrected chi connectivity index (χ2v) is 6.09. The number of hydrogen-bond donors (Lipinski definition) is 0. The number of carbonyl (C=O) groups excluding carboxylic acids is 2. The fraction of sp³-hybridized carbons (Fsp3) is 0.846. The van der Waals surface area contributed by atoms with Crippen molar-refractivity contribution < 1.29 is 14.3 Å². The first-order chi connectivity index (χ1) is 7.87. The summed E-state index contributed by atoms with van der Waals surface area (Å²) in [6, 6.07) is 0. The smallest absolute Gasteiger partial charge is 0.410 e. The molecule has 0 spiro atoms. The van der Waals surface area contributed by atoms with E-state index in [-0.39, 0.29) is 12.0 Å². The molecule has 17 heavy (non-hydrogen) atoms. The molecule has 1 heterocycles. The first-order valence-electron chi connectivity index (χ1n) is 6.38. The Morgan fingerprint density at radius 1 is 1.12 bits per heavy atom. The summed E-state index contributed by atoms with van der Waals surface area (Å²) < 4.78 is 5.30. The van der Waals surface area contributed by atoms with Crippen LogP contribution in [0.3, 0.4) is 0 Å². The van der Waals surface area contributed by atoms with Crippen LogP contribution in [0.1, 0.15) is 40.0 Å². The molecule has 0 N–H and O–H groups in total. The van der Waals surface area contributed by atoms with Crippen LogP contribution in [0.2, 0.25) is 0 Å². The van der Waals surface area contributed by atoms with E-state index >= 15 is 0 Å². The third-order valence-electron chi connectivity index (χ3n) is 3.22. The van der Waals surface area contributed by atoms with Crippen LogP contribution in [0.4, 0.5) is 4.79 Å². The number of ether oxygens (including phenoxy) is 1.